The molecule has 0 aliphatic rings. The molecule has 1 heterocycles. The van der Waals surface area contributed by atoms with E-state index in [1.807, 2.05) is 0 Å². The Morgan fingerprint density at radius 3 is 2.94 bits per heavy atom. The number of nitrogens with zero attached hydrogens (tertiary/aromatic N) is 3. The first-order valence-electron chi connectivity index (χ1n) is 4.20. The van der Waals surface area contributed by atoms with Gasteiger partial charge >= 0.3 is 0 Å². The van der Waals surface area contributed by atoms with Crippen molar-refractivity contribution in [2.24, 2.45) is 0 Å². The molecular weight excluding hydrogens is 217 g/mol. The molecule has 1 amide bonds. The highest BCUT2D eigenvalue weighted by Crippen LogP contribution is 2.19. The van der Waals surface area contributed by atoms with Gasteiger partial charge in [-0.15, -0.1) is 10.2 Å². The van der Waals surface area contributed by atoms with Crippen LogP contribution in [0.25, 0.3) is 0 Å². The molecule has 1 aromatic carbocycles. The van der Waals surface area contributed by atoms with E-state index in [1.165, 1.54) is 6.07 Å². The SMILES string of the molecule is O=C(Nc1ccc(O)c(F)c1)c1nn[nH]n1. The maximum Gasteiger partial charge on any atom is 0.297 e. The quantitative estimate of drug-likeness (QED) is 0.635. The molecule has 0 atom stereocenters. The summed E-state index contributed by atoms with van der Waals surface area (Å²) in [5.74, 6) is -2.10. The fraction of sp³-hybridized carbons (Fsp3) is 0. The summed E-state index contributed by atoms with van der Waals surface area (Å²) in [6.45, 7) is 0. The molecule has 8 heteroatoms. The predicted molar refractivity (Wildman–Crippen MR) is 50.2 cm³/mol. The van der Waals surface area contributed by atoms with E-state index >= 15 is 0 Å². The van der Waals surface area contributed by atoms with Crippen LogP contribution < -0.4 is 5.32 Å². The zero-order valence-corrected chi connectivity index (χ0v) is 7.81. The lowest BCUT2D eigenvalue weighted by atomic mass is 10.3. The van der Waals surface area contributed by atoms with Crippen molar-refractivity contribution in [3.63, 3.8) is 0 Å². The third-order valence-electron chi connectivity index (χ3n) is 1.75. The van der Waals surface area contributed by atoms with Gasteiger partial charge < -0.3 is 10.4 Å². The number of H-pyrrole nitrogens is 1. The fourth-order valence-corrected chi connectivity index (χ4v) is 1.03. The molecule has 3 N–H and O–H groups in total. The number of phenols is 1. The van der Waals surface area contributed by atoms with Gasteiger partial charge in [0.1, 0.15) is 0 Å². The molecule has 2 rings (SSSR count). The van der Waals surface area contributed by atoms with Gasteiger partial charge in [0.25, 0.3) is 11.7 Å². The number of aromatic amines is 1. The normalized spacial score (nSPS) is 10.1. The Bertz CT molecular complexity index is 513. The van der Waals surface area contributed by atoms with Crippen molar-refractivity contribution in [3.8, 4) is 5.75 Å². The number of nitrogens with one attached hydrogen (secondary N) is 2. The van der Waals surface area contributed by atoms with E-state index in [1.54, 1.807) is 0 Å². The Balaban J connectivity index is 2.15. The van der Waals surface area contributed by atoms with Crippen LogP contribution >= 0.6 is 0 Å². The van der Waals surface area contributed by atoms with Crippen molar-refractivity contribution in [1.82, 2.24) is 20.6 Å². The van der Waals surface area contributed by atoms with Crippen molar-refractivity contribution in [2.75, 3.05) is 5.32 Å². The van der Waals surface area contributed by atoms with Gasteiger partial charge in [-0.3, -0.25) is 4.79 Å². The number of halogens is 1. The van der Waals surface area contributed by atoms with E-state index < -0.39 is 17.5 Å². The molecule has 0 aliphatic carbocycles. The predicted octanol–water partition coefficient (Wildman–Crippen LogP) is 0.297. The average molecular weight is 223 g/mol. The van der Waals surface area contributed by atoms with E-state index in [0.29, 0.717) is 0 Å². The van der Waals surface area contributed by atoms with E-state index in [2.05, 4.69) is 25.9 Å². The molecule has 0 saturated carbocycles. The summed E-state index contributed by atoms with van der Waals surface area (Å²) < 4.78 is 12.9. The van der Waals surface area contributed by atoms with Crippen LogP contribution in [0.4, 0.5) is 10.1 Å². The third kappa shape index (κ3) is 1.95. The van der Waals surface area contributed by atoms with E-state index in [9.17, 15) is 9.18 Å². The molecule has 2 aromatic rings. The zero-order valence-electron chi connectivity index (χ0n) is 7.81. The highest BCUT2D eigenvalue weighted by molar-refractivity contribution is 6.01. The Kier molecular flexibility index (Phi) is 2.46. The minimum atomic E-state index is -0.828. The molecule has 0 spiro atoms. The number of anilines is 1. The summed E-state index contributed by atoms with van der Waals surface area (Å²) in [7, 11) is 0. The molecule has 0 bridgehead atoms. The highest BCUT2D eigenvalue weighted by Gasteiger charge is 2.11. The Labute approximate surface area is 88.3 Å². The summed E-state index contributed by atoms with van der Waals surface area (Å²) in [6, 6.07) is 3.45. The van der Waals surface area contributed by atoms with Crippen LogP contribution in [-0.2, 0) is 0 Å². The second-order valence-corrected chi connectivity index (χ2v) is 2.86. The summed E-state index contributed by atoms with van der Waals surface area (Å²) in [5.41, 5.74) is 0.185. The largest absolute Gasteiger partial charge is 0.505 e. The third-order valence-corrected chi connectivity index (χ3v) is 1.75. The fourth-order valence-electron chi connectivity index (χ4n) is 1.03. The molecule has 0 fully saturated rings. The van der Waals surface area contributed by atoms with Gasteiger partial charge in [0, 0.05) is 11.8 Å². The van der Waals surface area contributed by atoms with Gasteiger partial charge in [0.05, 0.1) is 0 Å². The lowest BCUT2D eigenvalue weighted by molar-refractivity contribution is 0.101. The lowest BCUT2D eigenvalue weighted by Gasteiger charge is -2.02. The number of aromatic hydroxyl groups is 1. The van der Waals surface area contributed by atoms with Gasteiger partial charge in [0.2, 0.25) is 0 Å². The number of carbonyl (C=O) groups excluding carboxylic acids is 1. The van der Waals surface area contributed by atoms with Crippen LogP contribution in [0.15, 0.2) is 18.2 Å². The summed E-state index contributed by atoms with van der Waals surface area (Å²) in [4.78, 5) is 11.4. The second-order valence-electron chi connectivity index (χ2n) is 2.86. The minimum absolute atomic E-state index is 0.159. The van der Waals surface area contributed by atoms with Crippen LogP contribution in [0.3, 0.4) is 0 Å². The van der Waals surface area contributed by atoms with Crippen LogP contribution in [0.5, 0.6) is 5.75 Å². The number of amides is 1. The molecular formula is C8H6FN5O2. The Morgan fingerprint density at radius 2 is 2.31 bits per heavy atom. The van der Waals surface area contributed by atoms with Crippen molar-refractivity contribution >= 4 is 11.6 Å². The molecule has 1 aromatic heterocycles. The van der Waals surface area contributed by atoms with E-state index in [-0.39, 0.29) is 11.5 Å². The van der Waals surface area contributed by atoms with Crippen LogP contribution in [0.2, 0.25) is 0 Å². The van der Waals surface area contributed by atoms with Crippen molar-refractivity contribution < 1.29 is 14.3 Å². The van der Waals surface area contributed by atoms with Crippen molar-refractivity contribution in [2.45, 2.75) is 0 Å². The van der Waals surface area contributed by atoms with Crippen LogP contribution in [-0.4, -0.2) is 31.6 Å². The first-order valence-corrected chi connectivity index (χ1v) is 4.20. The minimum Gasteiger partial charge on any atom is -0.505 e. The van der Waals surface area contributed by atoms with Gasteiger partial charge in [0.15, 0.2) is 11.6 Å². The van der Waals surface area contributed by atoms with Gasteiger partial charge in [-0.25, -0.2) is 4.39 Å². The molecule has 0 aliphatic heterocycles. The number of phenolic OH excluding ortho intramolecular Hbond substituents is 1. The number of rotatable bonds is 2. The number of carbonyl (C=O) groups is 1. The number of hydrogen-bond donors (Lipinski definition) is 3. The number of benzene rings is 1. The lowest BCUT2D eigenvalue weighted by Crippen LogP contribution is -2.13. The maximum atomic E-state index is 12.9. The maximum absolute atomic E-state index is 12.9. The standard InChI is InChI=1S/C8H6FN5O2/c9-5-3-4(1-2-6(5)15)10-8(16)7-11-13-14-12-7/h1-3,15H,(H,10,16)(H,11,12,13,14). The molecule has 0 saturated heterocycles. The van der Waals surface area contributed by atoms with Crippen molar-refractivity contribution in [3.05, 3.63) is 29.8 Å². The first-order chi connectivity index (χ1) is 7.66. The number of aromatic nitrogens is 4. The number of hydrogen-bond acceptors (Lipinski definition) is 5. The smallest absolute Gasteiger partial charge is 0.297 e. The molecule has 82 valence electrons. The Morgan fingerprint density at radius 1 is 1.50 bits per heavy atom. The average Bonchev–Trinajstić information content (AvgIpc) is 2.77. The second kappa shape index (κ2) is 3.93. The summed E-state index contributed by atoms with van der Waals surface area (Å²) in [5, 5.41) is 23.5. The van der Waals surface area contributed by atoms with Gasteiger partial charge in [-0.05, 0) is 17.3 Å². The molecule has 0 unspecified atom stereocenters. The molecule has 0 radical (unpaired) electrons. The van der Waals surface area contributed by atoms with E-state index in [4.69, 9.17) is 5.11 Å². The topological polar surface area (TPSA) is 104 Å². The first kappa shape index (κ1) is 10.0. The monoisotopic (exact) mass is 223 g/mol. The zero-order chi connectivity index (χ0) is 11.5. The Hall–Kier alpha value is -2.51. The van der Waals surface area contributed by atoms with Gasteiger partial charge in [-0.1, -0.05) is 0 Å². The summed E-state index contributed by atoms with van der Waals surface area (Å²) in [6.07, 6.45) is 0. The molecule has 16 heavy (non-hydrogen) atoms. The van der Waals surface area contributed by atoms with Gasteiger partial charge in [-0.2, -0.15) is 5.21 Å². The molecule has 7 nitrogen and oxygen atoms in total. The van der Waals surface area contributed by atoms with Crippen LogP contribution in [0, 0.1) is 5.82 Å². The van der Waals surface area contributed by atoms with E-state index in [0.717, 1.165) is 12.1 Å². The highest BCUT2D eigenvalue weighted by atomic mass is 19.1. The van der Waals surface area contributed by atoms with Crippen LogP contribution in [0.1, 0.15) is 10.6 Å². The summed E-state index contributed by atoms with van der Waals surface area (Å²) >= 11 is 0. The number of tetrazole rings is 1. The van der Waals surface area contributed by atoms with Crippen molar-refractivity contribution in [1.29, 1.82) is 0 Å².